The lowest BCUT2D eigenvalue weighted by Crippen LogP contribution is -1.97. The molecule has 0 bridgehead atoms. The maximum atomic E-state index is 9.09. The number of hydrogen-bond donors (Lipinski definition) is 0. The molecule has 0 atom stereocenters. The quantitative estimate of drug-likeness (QED) is 0.587. The second-order valence-corrected chi connectivity index (χ2v) is 5.83. The first-order valence-electron chi connectivity index (χ1n) is 7.62. The molecule has 0 aliphatic rings. The Morgan fingerprint density at radius 3 is 2.40 bits per heavy atom. The predicted molar refractivity (Wildman–Crippen MR) is 98.9 cm³/mol. The molecule has 0 saturated heterocycles. The third-order valence-corrected chi connectivity index (χ3v) is 4.02. The van der Waals surface area contributed by atoms with Crippen molar-refractivity contribution in [3.63, 3.8) is 0 Å². The van der Waals surface area contributed by atoms with Crippen molar-refractivity contribution < 1.29 is 4.74 Å². The first kappa shape index (κ1) is 16.6. The Morgan fingerprint density at radius 1 is 0.960 bits per heavy atom. The van der Waals surface area contributed by atoms with Crippen molar-refractivity contribution in [3.05, 3.63) is 82.4 Å². The summed E-state index contributed by atoms with van der Waals surface area (Å²) in [5.74, 6) is 0.622. The van der Waals surface area contributed by atoms with Gasteiger partial charge >= 0.3 is 0 Å². The Morgan fingerprint density at radius 2 is 1.68 bits per heavy atom. The first-order chi connectivity index (χ1) is 12.2. The van der Waals surface area contributed by atoms with E-state index in [-0.39, 0.29) is 5.57 Å². The normalized spacial score (nSPS) is 9.88. The van der Waals surface area contributed by atoms with Gasteiger partial charge in [0.15, 0.2) is 0 Å². The zero-order valence-electron chi connectivity index (χ0n) is 13.2. The molecule has 3 aromatic rings. The molecule has 0 spiro atoms. The van der Waals surface area contributed by atoms with E-state index in [0.29, 0.717) is 17.4 Å². The van der Waals surface area contributed by atoms with Crippen LogP contribution in [0, 0.1) is 22.7 Å². The van der Waals surface area contributed by atoms with Gasteiger partial charge in [-0.1, -0.05) is 54.1 Å². The minimum Gasteiger partial charge on any atom is -0.488 e. The van der Waals surface area contributed by atoms with Gasteiger partial charge < -0.3 is 4.74 Å². The van der Waals surface area contributed by atoms with Gasteiger partial charge in [-0.25, -0.2) is 0 Å². The van der Waals surface area contributed by atoms with Gasteiger partial charge in [0.2, 0.25) is 0 Å². The number of fused-ring (bicyclic) bond motifs is 1. The molecule has 3 aromatic carbocycles. The van der Waals surface area contributed by atoms with Crippen LogP contribution in [0.2, 0.25) is 5.02 Å². The Labute approximate surface area is 151 Å². The van der Waals surface area contributed by atoms with E-state index < -0.39 is 0 Å². The van der Waals surface area contributed by atoms with Crippen LogP contribution in [0.3, 0.4) is 0 Å². The second-order valence-electron chi connectivity index (χ2n) is 5.40. The van der Waals surface area contributed by atoms with Crippen LogP contribution in [0.4, 0.5) is 0 Å². The zero-order chi connectivity index (χ0) is 17.6. The molecule has 0 radical (unpaired) electrons. The third-order valence-electron chi connectivity index (χ3n) is 3.77. The van der Waals surface area contributed by atoms with Gasteiger partial charge in [-0.3, -0.25) is 0 Å². The van der Waals surface area contributed by atoms with Gasteiger partial charge in [-0.05, 0) is 40.6 Å². The molecule has 0 unspecified atom stereocenters. The molecule has 0 aromatic heterocycles. The molecule has 3 nitrogen and oxygen atoms in total. The van der Waals surface area contributed by atoms with E-state index in [1.807, 2.05) is 72.8 Å². The lowest BCUT2D eigenvalue weighted by atomic mass is 10.0. The lowest BCUT2D eigenvalue weighted by molar-refractivity contribution is 0.306. The highest BCUT2D eigenvalue weighted by atomic mass is 35.5. The van der Waals surface area contributed by atoms with E-state index in [4.69, 9.17) is 26.9 Å². The molecule has 4 heteroatoms. The van der Waals surface area contributed by atoms with Gasteiger partial charge in [0.05, 0.1) is 0 Å². The third kappa shape index (κ3) is 3.80. The minimum absolute atomic E-state index is 0.0349. The zero-order valence-corrected chi connectivity index (χ0v) is 14.0. The minimum atomic E-state index is 0.0349. The van der Waals surface area contributed by atoms with E-state index in [1.165, 1.54) is 0 Å². The lowest BCUT2D eigenvalue weighted by Gasteiger charge is -2.12. The number of allylic oxidation sites excluding steroid dienone is 1. The molecule has 120 valence electrons. The summed E-state index contributed by atoms with van der Waals surface area (Å²) in [7, 11) is 0. The summed E-state index contributed by atoms with van der Waals surface area (Å²) in [5.41, 5.74) is 1.74. The number of hydrogen-bond acceptors (Lipinski definition) is 3. The van der Waals surface area contributed by atoms with Crippen LogP contribution in [0.5, 0.6) is 5.75 Å². The van der Waals surface area contributed by atoms with Gasteiger partial charge in [0.1, 0.15) is 30.1 Å². The summed E-state index contributed by atoms with van der Waals surface area (Å²) >= 11 is 5.90. The summed E-state index contributed by atoms with van der Waals surface area (Å²) in [6, 6.07) is 22.8. The number of nitriles is 2. The van der Waals surface area contributed by atoms with Crippen LogP contribution in [-0.4, -0.2) is 0 Å². The number of nitrogens with zero attached hydrogens (tertiary/aromatic N) is 2. The maximum absolute atomic E-state index is 9.09. The molecule has 0 aliphatic carbocycles. The molecule has 3 rings (SSSR count). The average molecular weight is 345 g/mol. The van der Waals surface area contributed by atoms with Crippen LogP contribution >= 0.6 is 11.6 Å². The van der Waals surface area contributed by atoms with Crippen molar-refractivity contribution in [2.24, 2.45) is 0 Å². The molecular formula is C21H13ClN2O. The summed E-state index contributed by atoms with van der Waals surface area (Å²) in [6.07, 6.45) is 1.57. The number of benzene rings is 3. The Bertz CT molecular complexity index is 1010. The smallest absolute Gasteiger partial charge is 0.130 e. The second kappa shape index (κ2) is 7.53. The largest absolute Gasteiger partial charge is 0.488 e. The molecule has 0 N–H and O–H groups in total. The van der Waals surface area contributed by atoms with E-state index in [1.54, 1.807) is 6.08 Å². The summed E-state index contributed by atoms with van der Waals surface area (Å²) < 4.78 is 5.95. The molecule has 0 amide bonds. The van der Waals surface area contributed by atoms with Crippen LogP contribution in [0.1, 0.15) is 11.1 Å². The van der Waals surface area contributed by atoms with Crippen LogP contribution < -0.4 is 4.74 Å². The number of ether oxygens (including phenoxy) is 1. The summed E-state index contributed by atoms with van der Waals surface area (Å²) in [4.78, 5) is 0. The first-order valence-corrected chi connectivity index (χ1v) is 8.00. The van der Waals surface area contributed by atoms with Crippen LogP contribution in [0.15, 0.2) is 66.2 Å². The van der Waals surface area contributed by atoms with Crippen molar-refractivity contribution in [1.82, 2.24) is 0 Å². The fourth-order valence-electron chi connectivity index (χ4n) is 2.53. The summed E-state index contributed by atoms with van der Waals surface area (Å²) in [6.45, 7) is 0.366. The topological polar surface area (TPSA) is 56.8 Å². The number of rotatable bonds is 4. The van der Waals surface area contributed by atoms with E-state index in [9.17, 15) is 0 Å². The molecule has 0 heterocycles. The SMILES string of the molecule is N#CC(C#N)=Cc1c(OCc2ccc(Cl)cc2)ccc2ccccc12. The van der Waals surface area contributed by atoms with Crippen molar-refractivity contribution in [1.29, 1.82) is 10.5 Å². The van der Waals surface area contributed by atoms with Crippen LogP contribution in [0.25, 0.3) is 16.8 Å². The van der Waals surface area contributed by atoms with E-state index in [2.05, 4.69) is 0 Å². The predicted octanol–water partition coefficient (Wildman–Crippen LogP) is 5.50. The van der Waals surface area contributed by atoms with Crippen molar-refractivity contribution in [2.45, 2.75) is 6.61 Å². The maximum Gasteiger partial charge on any atom is 0.130 e. The fraction of sp³-hybridized carbons (Fsp3) is 0.0476. The Hall–Kier alpha value is -3.27. The van der Waals surface area contributed by atoms with Crippen LogP contribution in [-0.2, 0) is 6.61 Å². The molecule has 0 saturated carbocycles. The highest BCUT2D eigenvalue weighted by Crippen LogP contribution is 2.31. The average Bonchev–Trinajstić information content (AvgIpc) is 2.66. The van der Waals surface area contributed by atoms with Gasteiger partial charge in [-0.2, -0.15) is 10.5 Å². The Kier molecular flexibility index (Phi) is 5.00. The molecule has 0 fully saturated rings. The summed E-state index contributed by atoms with van der Waals surface area (Å²) in [5, 5.41) is 20.8. The fourth-order valence-corrected chi connectivity index (χ4v) is 2.65. The Balaban J connectivity index is 2.02. The van der Waals surface area contributed by atoms with Crippen molar-refractivity contribution >= 4 is 28.4 Å². The van der Waals surface area contributed by atoms with E-state index in [0.717, 1.165) is 21.9 Å². The van der Waals surface area contributed by atoms with Gasteiger partial charge in [0.25, 0.3) is 0 Å². The number of halogens is 1. The monoisotopic (exact) mass is 344 g/mol. The molecular weight excluding hydrogens is 332 g/mol. The van der Waals surface area contributed by atoms with Gasteiger partial charge in [-0.15, -0.1) is 0 Å². The van der Waals surface area contributed by atoms with E-state index >= 15 is 0 Å². The standard InChI is InChI=1S/C21H13ClN2O/c22-18-8-5-15(6-9-18)14-25-21-10-7-17-3-1-2-4-19(17)20(21)11-16(12-23)13-24/h1-11H,14H2. The van der Waals surface area contributed by atoms with Gasteiger partial charge in [0, 0.05) is 10.6 Å². The molecule has 0 aliphatic heterocycles. The highest BCUT2D eigenvalue weighted by Gasteiger charge is 2.09. The highest BCUT2D eigenvalue weighted by molar-refractivity contribution is 6.30. The van der Waals surface area contributed by atoms with Crippen molar-refractivity contribution in [3.8, 4) is 17.9 Å². The van der Waals surface area contributed by atoms with Crippen molar-refractivity contribution in [2.75, 3.05) is 0 Å². The molecule has 25 heavy (non-hydrogen) atoms.